The first-order valence-electron chi connectivity index (χ1n) is 5.62. The zero-order valence-electron chi connectivity index (χ0n) is 9.98. The standard InChI is InChI=1S/C13H7ClN4OS/c14-9-3-4-10-7(2-1-5-16-10)11(9)17-13-8(6-15)12(19)18-20-13/h1-5,17H,(H,18,19). The van der Waals surface area contributed by atoms with Crippen molar-refractivity contribution >= 4 is 44.7 Å². The molecule has 0 amide bonds. The Morgan fingerprint density at radius 1 is 1.40 bits per heavy atom. The van der Waals surface area contributed by atoms with Crippen LogP contribution in [0.25, 0.3) is 10.9 Å². The largest absolute Gasteiger partial charge is 0.343 e. The Hall–Kier alpha value is -2.36. The van der Waals surface area contributed by atoms with E-state index in [2.05, 4.69) is 14.7 Å². The fourth-order valence-corrected chi connectivity index (χ4v) is 2.76. The maximum atomic E-state index is 11.5. The highest BCUT2D eigenvalue weighted by molar-refractivity contribution is 7.10. The van der Waals surface area contributed by atoms with E-state index < -0.39 is 5.56 Å². The minimum absolute atomic E-state index is 0.0481. The molecule has 0 bridgehead atoms. The van der Waals surface area contributed by atoms with E-state index in [0.29, 0.717) is 15.7 Å². The van der Waals surface area contributed by atoms with Crippen LogP contribution in [0.3, 0.4) is 0 Å². The summed E-state index contributed by atoms with van der Waals surface area (Å²) >= 11 is 7.26. The number of fused-ring (bicyclic) bond motifs is 1. The van der Waals surface area contributed by atoms with E-state index in [-0.39, 0.29) is 5.56 Å². The quantitative estimate of drug-likeness (QED) is 0.761. The SMILES string of the molecule is N#Cc1c(Nc2c(Cl)ccc3ncccc23)s[nH]c1=O. The van der Waals surface area contributed by atoms with Crippen LogP contribution >= 0.6 is 23.1 Å². The molecule has 0 spiro atoms. The Morgan fingerprint density at radius 3 is 3.05 bits per heavy atom. The minimum atomic E-state index is -0.408. The third-order valence-electron chi connectivity index (χ3n) is 2.78. The molecule has 0 aliphatic rings. The third-order valence-corrected chi connectivity index (χ3v) is 3.90. The molecule has 0 aliphatic carbocycles. The molecule has 0 saturated carbocycles. The highest BCUT2D eigenvalue weighted by Gasteiger charge is 2.13. The number of nitrogens with zero attached hydrogens (tertiary/aromatic N) is 2. The molecule has 0 fully saturated rings. The van der Waals surface area contributed by atoms with Gasteiger partial charge in [-0.05, 0) is 35.8 Å². The van der Waals surface area contributed by atoms with E-state index in [1.807, 2.05) is 18.2 Å². The van der Waals surface area contributed by atoms with Gasteiger partial charge >= 0.3 is 0 Å². The molecular weight excluding hydrogens is 296 g/mol. The van der Waals surface area contributed by atoms with Crippen LogP contribution in [0, 0.1) is 11.3 Å². The number of benzene rings is 1. The van der Waals surface area contributed by atoms with Gasteiger partial charge in [-0.2, -0.15) is 5.26 Å². The molecule has 5 nitrogen and oxygen atoms in total. The van der Waals surface area contributed by atoms with Crippen molar-refractivity contribution in [3.8, 4) is 6.07 Å². The summed E-state index contributed by atoms with van der Waals surface area (Å²) in [6.45, 7) is 0. The van der Waals surface area contributed by atoms with E-state index in [1.54, 1.807) is 18.3 Å². The van der Waals surface area contributed by atoms with E-state index in [4.69, 9.17) is 16.9 Å². The Balaban J connectivity index is 2.18. The molecule has 0 atom stereocenters. The molecule has 0 saturated heterocycles. The first-order chi connectivity index (χ1) is 9.70. The van der Waals surface area contributed by atoms with Crippen LogP contribution in [0.1, 0.15) is 5.56 Å². The summed E-state index contributed by atoms with van der Waals surface area (Å²) in [6.07, 6.45) is 1.69. The number of aromatic amines is 1. The summed E-state index contributed by atoms with van der Waals surface area (Å²) in [5.41, 5.74) is 1.05. The number of nitrogens with one attached hydrogen (secondary N) is 2. The molecule has 2 heterocycles. The van der Waals surface area contributed by atoms with Crippen molar-refractivity contribution in [2.45, 2.75) is 0 Å². The lowest BCUT2D eigenvalue weighted by atomic mass is 10.2. The highest BCUT2D eigenvalue weighted by Crippen LogP contribution is 2.34. The fraction of sp³-hybridized carbons (Fsp3) is 0. The molecule has 0 aliphatic heterocycles. The Bertz CT molecular complexity index is 893. The lowest BCUT2D eigenvalue weighted by molar-refractivity contribution is 1.38. The predicted molar refractivity (Wildman–Crippen MR) is 79.7 cm³/mol. The number of aromatic nitrogens is 2. The molecule has 20 heavy (non-hydrogen) atoms. The van der Waals surface area contributed by atoms with E-state index in [9.17, 15) is 4.79 Å². The van der Waals surface area contributed by atoms with Crippen LogP contribution in [-0.4, -0.2) is 9.36 Å². The van der Waals surface area contributed by atoms with Gasteiger partial charge in [-0.1, -0.05) is 11.6 Å². The number of pyridine rings is 1. The van der Waals surface area contributed by atoms with Gasteiger partial charge in [-0.25, -0.2) is 0 Å². The summed E-state index contributed by atoms with van der Waals surface area (Å²) in [4.78, 5) is 15.7. The summed E-state index contributed by atoms with van der Waals surface area (Å²) < 4.78 is 2.52. The van der Waals surface area contributed by atoms with Crippen molar-refractivity contribution in [2.75, 3.05) is 5.32 Å². The predicted octanol–water partition coefficient (Wildman–Crippen LogP) is 3.25. The van der Waals surface area contributed by atoms with Crippen molar-refractivity contribution in [3.05, 3.63) is 51.4 Å². The normalized spacial score (nSPS) is 10.4. The van der Waals surface area contributed by atoms with Gasteiger partial charge in [-0.3, -0.25) is 14.2 Å². The molecule has 0 unspecified atom stereocenters. The number of hydrogen-bond acceptors (Lipinski definition) is 5. The first kappa shape index (κ1) is 12.7. The third kappa shape index (κ3) is 2.03. The molecule has 1 aromatic carbocycles. The second-order valence-corrected chi connectivity index (χ2v) is 5.19. The summed E-state index contributed by atoms with van der Waals surface area (Å²) in [5, 5.41) is 13.8. The van der Waals surface area contributed by atoms with Gasteiger partial charge in [0.05, 0.1) is 16.2 Å². The number of halogens is 1. The average molecular weight is 303 g/mol. The van der Waals surface area contributed by atoms with E-state index >= 15 is 0 Å². The molecular formula is C13H7ClN4OS. The van der Waals surface area contributed by atoms with Gasteiger partial charge < -0.3 is 5.32 Å². The smallest absolute Gasteiger partial charge is 0.278 e. The minimum Gasteiger partial charge on any atom is -0.343 e. The van der Waals surface area contributed by atoms with Crippen molar-refractivity contribution in [1.29, 1.82) is 5.26 Å². The fourth-order valence-electron chi connectivity index (χ4n) is 1.86. The lowest BCUT2D eigenvalue weighted by Crippen LogP contribution is -2.03. The van der Waals surface area contributed by atoms with Crippen LogP contribution in [-0.2, 0) is 0 Å². The van der Waals surface area contributed by atoms with Crippen LogP contribution in [0.2, 0.25) is 5.02 Å². The molecule has 3 aromatic rings. The highest BCUT2D eigenvalue weighted by atomic mass is 35.5. The zero-order chi connectivity index (χ0) is 14.1. The lowest BCUT2D eigenvalue weighted by Gasteiger charge is -2.09. The van der Waals surface area contributed by atoms with Crippen LogP contribution in [0.15, 0.2) is 35.3 Å². The van der Waals surface area contributed by atoms with Gasteiger partial charge in [0.1, 0.15) is 11.1 Å². The number of rotatable bonds is 2. The monoisotopic (exact) mass is 302 g/mol. The molecule has 0 radical (unpaired) electrons. The number of hydrogen-bond donors (Lipinski definition) is 2. The molecule has 3 rings (SSSR count). The van der Waals surface area contributed by atoms with E-state index in [1.165, 1.54) is 0 Å². The van der Waals surface area contributed by atoms with Gasteiger partial charge in [0.25, 0.3) is 5.56 Å². The van der Waals surface area contributed by atoms with Crippen molar-refractivity contribution < 1.29 is 0 Å². The van der Waals surface area contributed by atoms with Gasteiger partial charge in [0.2, 0.25) is 0 Å². The Labute approximate surface area is 122 Å². The Morgan fingerprint density at radius 2 is 2.25 bits per heavy atom. The van der Waals surface area contributed by atoms with E-state index in [0.717, 1.165) is 22.4 Å². The first-order valence-corrected chi connectivity index (χ1v) is 6.82. The van der Waals surface area contributed by atoms with Crippen LogP contribution < -0.4 is 10.9 Å². The number of H-pyrrole nitrogens is 1. The summed E-state index contributed by atoms with van der Waals surface area (Å²) in [6, 6.07) is 9.09. The van der Waals surface area contributed by atoms with Crippen molar-refractivity contribution in [2.24, 2.45) is 0 Å². The Kier molecular flexibility index (Phi) is 3.14. The second-order valence-electron chi connectivity index (χ2n) is 3.97. The number of nitriles is 1. The van der Waals surface area contributed by atoms with Crippen molar-refractivity contribution in [3.63, 3.8) is 0 Å². The number of anilines is 2. The average Bonchev–Trinajstić information content (AvgIpc) is 2.82. The molecule has 98 valence electrons. The molecule has 7 heteroatoms. The molecule has 2 aromatic heterocycles. The maximum Gasteiger partial charge on any atom is 0.278 e. The maximum absolute atomic E-state index is 11.5. The van der Waals surface area contributed by atoms with Gasteiger partial charge in [0, 0.05) is 11.6 Å². The topological polar surface area (TPSA) is 81.6 Å². The second kappa shape index (κ2) is 4.96. The molecule has 2 N–H and O–H groups in total. The summed E-state index contributed by atoms with van der Waals surface area (Å²) in [7, 11) is 0. The van der Waals surface area contributed by atoms with Gasteiger partial charge in [-0.15, -0.1) is 0 Å². The summed E-state index contributed by atoms with van der Waals surface area (Å²) in [5.74, 6) is 0. The van der Waals surface area contributed by atoms with Crippen molar-refractivity contribution in [1.82, 2.24) is 9.36 Å². The zero-order valence-corrected chi connectivity index (χ0v) is 11.5. The van der Waals surface area contributed by atoms with Crippen LogP contribution in [0.5, 0.6) is 0 Å². The van der Waals surface area contributed by atoms with Gasteiger partial charge in [0.15, 0.2) is 5.56 Å². The van der Waals surface area contributed by atoms with Crippen LogP contribution in [0.4, 0.5) is 10.7 Å².